The van der Waals surface area contributed by atoms with Crippen LogP contribution in [0.5, 0.6) is 0 Å². The zero-order valence-corrected chi connectivity index (χ0v) is 7.34. The van der Waals surface area contributed by atoms with Crippen molar-refractivity contribution < 1.29 is 13.2 Å². The van der Waals surface area contributed by atoms with Crippen LogP contribution in [0.15, 0.2) is 24.8 Å². The van der Waals surface area contributed by atoms with Gasteiger partial charge in [0, 0.05) is 6.20 Å². The number of rotatable bonds is 0. The third-order valence-electron chi connectivity index (χ3n) is 2.05. The fraction of sp³-hybridized carbons (Fsp3) is 0.222. The lowest BCUT2D eigenvalue weighted by molar-refractivity contribution is -0.137. The Morgan fingerprint density at radius 3 is 2.71 bits per heavy atom. The third-order valence-corrected chi connectivity index (χ3v) is 2.05. The zero-order valence-electron chi connectivity index (χ0n) is 7.34. The van der Waals surface area contributed by atoms with Gasteiger partial charge in [0.2, 0.25) is 0 Å². The van der Waals surface area contributed by atoms with Crippen molar-refractivity contribution in [2.75, 3.05) is 0 Å². The maximum atomic E-state index is 12.4. The van der Waals surface area contributed by atoms with Crippen LogP contribution in [0.25, 0.3) is 5.52 Å². The molecule has 0 amide bonds. The Balaban J connectivity index is 2.70. The summed E-state index contributed by atoms with van der Waals surface area (Å²) >= 11 is 0. The van der Waals surface area contributed by atoms with Crippen LogP contribution in [0, 0.1) is 6.92 Å². The van der Waals surface area contributed by atoms with Crippen LogP contribution < -0.4 is 0 Å². The molecule has 74 valence electrons. The summed E-state index contributed by atoms with van der Waals surface area (Å²) in [5.41, 5.74) is 0.607. The SMILES string of the molecule is Cc1cc(C(F)(F)F)cn2cncc12. The van der Waals surface area contributed by atoms with Crippen molar-refractivity contribution in [1.82, 2.24) is 9.38 Å². The molecule has 0 atom stereocenters. The second-order valence-corrected chi connectivity index (χ2v) is 3.10. The van der Waals surface area contributed by atoms with Crippen LogP contribution in [0.1, 0.15) is 11.1 Å². The first-order valence-corrected chi connectivity index (χ1v) is 3.98. The van der Waals surface area contributed by atoms with E-state index in [4.69, 9.17) is 0 Å². The Labute approximate surface area is 78.0 Å². The van der Waals surface area contributed by atoms with Crippen LogP contribution in [0.3, 0.4) is 0 Å². The van der Waals surface area contributed by atoms with Crippen molar-refractivity contribution >= 4 is 5.52 Å². The highest BCUT2D eigenvalue weighted by Crippen LogP contribution is 2.30. The molecule has 0 bridgehead atoms. The lowest BCUT2D eigenvalue weighted by Crippen LogP contribution is -2.06. The van der Waals surface area contributed by atoms with Gasteiger partial charge in [-0.05, 0) is 18.6 Å². The number of alkyl halides is 3. The summed E-state index contributed by atoms with van der Waals surface area (Å²) in [5.74, 6) is 0. The highest BCUT2D eigenvalue weighted by molar-refractivity contribution is 5.53. The van der Waals surface area contributed by atoms with Gasteiger partial charge < -0.3 is 4.40 Å². The summed E-state index contributed by atoms with van der Waals surface area (Å²) in [6.07, 6.45) is -0.369. The minimum absolute atomic E-state index is 0.567. The molecule has 0 aliphatic carbocycles. The van der Waals surface area contributed by atoms with Crippen molar-refractivity contribution in [3.05, 3.63) is 35.9 Å². The summed E-state index contributed by atoms with van der Waals surface area (Å²) in [5, 5.41) is 0. The number of hydrogen-bond acceptors (Lipinski definition) is 1. The summed E-state index contributed by atoms with van der Waals surface area (Å²) in [6.45, 7) is 1.63. The molecule has 0 fully saturated rings. The van der Waals surface area contributed by atoms with E-state index in [0.29, 0.717) is 11.1 Å². The summed E-state index contributed by atoms with van der Waals surface area (Å²) in [6, 6.07) is 1.12. The van der Waals surface area contributed by atoms with E-state index in [0.717, 1.165) is 12.3 Å². The van der Waals surface area contributed by atoms with Gasteiger partial charge in [0.25, 0.3) is 0 Å². The van der Waals surface area contributed by atoms with Gasteiger partial charge >= 0.3 is 6.18 Å². The summed E-state index contributed by atoms with van der Waals surface area (Å²) < 4.78 is 38.5. The maximum Gasteiger partial charge on any atom is 0.417 e. The van der Waals surface area contributed by atoms with Crippen LogP contribution in [0.4, 0.5) is 13.2 Å². The number of fused-ring (bicyclic) bond motifs is 1. The van der Waals surface area contributed by atoms with Gasteiger partial charge in [-0.25, -0.2) is 4.98 Å². The van der Waals surface area contributed by atoms with Gasteiger partial charge in [-0.1, -0.05) is 0 Å². The molecule has 0 saturated heterocycles. The topological polar surface area (TPSA) is 17.3 Å². The van der Waals surface area contributed by atoms with Gasteiger partial charge in [0.1, 0.15) is 0 Å². The first-order chi connectivity index (χ1) is 6.48. The number of aromatic nitrogens is 2. The van der Waals surface area contributed by atoms with E-state index < -0.39 is 11.7 Å². The lowest BCUT2D eigenvalue weighted by atomic mass is 10.2. The van der Waals surface area contributed by atoms with E-state index in [1.54, 1.807) is 6.92 Å². The minimum atomic E-state index is -4.30. The van der Waals surface area contributed by atoms with Crippen molar-refractivity contribution in [3.63, 3.8) is 0 Å². The second kappa shape index (κ2) is 2.73. The van der Waals surface area contributed by atoms with E-state index in [1.807, 2.05) is 0 Å². The zero-order chi connectivity index (χ0) is 10.3. The lowest BCUT2D eigenvalue weighted by Gasteiger charge is -2.08. The molecule has 2 nitrogen and oxygen atoms in total. The average molecular weight is 200 g/mol. The predicted molar refractivity (Wildman–Crippen MR) is 44.9 cm³/mol. The standard InChI is InChI=1S/C9H7F3N2/c1-6-2-7(9(10,11)12)4-14-5-13-3-8(6)14/h2-5H,1H3. The predicted octanol–water partition coefficient (Wildman–Crippen LogP) is 2.66. The fourth-order valence-electron chi connectivity index (χ4n) is 1.36. The first-order valence-electron chi connectivity index (χ1n) is 3.98. The fourth-order valence-corrected chi connectivity index (χ4v) is 1.36. The molecule has 2 rings (SSSR count). The van der Waals surface area contributed by atoms with E-state index in [2.05, 4.69) is 4.98 Å². The molecule has 0 spiro atoms. The van der Waals surface area contributed by atoms with Crippen molar-refractivity contribution in [1.29, 1.82) is 0 Å². The number of hydrogen-bond donors (Lipinski definition) is 0. The number of imidazole rings is 1. The van der Waals surface area contributed by atoms with Crippen LogP contribution >= 0.6 is 0 Å². The molecule has 0 aromatic carbocycles. The Hall–Kier alpha value is -1.52. The molecule has 0 radical (unpaired) electrons. The van der Waals surface area contributed by atoms with Crippen LogP contribution in [0.2, 0.25) is 0 Å². The largest absolute Gasteiger partial charge is 0.417 e. The summed E-state index contributed by atoms with van der Waals surface area (Å²) in [7, 11) is 0. The second-order valence-electron chi connectivity index (χ2n) is 3.10. The van der Waals surface area contributed by atoms with Crippen molar-refractivity contribution in [3.8, 4) is 0 Å². The van der Waals surface area contributed by atoms with Crippen molar-refractivity contribution in [2.45, 2.75) is 13.1 Å². The highest BCUT2D eigenvalue weighted by atomic mass is 19.4. The maximum absolute atomic E-state index is 12.4. The van der Waals surface area contributed by atoms with Gasteiger partial charge in [-0.15, -0.1) is 0 Å². The Kier molecular flexibility index (Phi) is 1.77. The van der Waals surface area contributed by atoms with Crippen LogP contribution in [-0.4, -0.2) is 9.38 Å². The molecule has 0 aliphatic rings. The van der Waals surface area contributed by atoms with E-state index in [9.17, 15) is 13.2 Å². The Morgan fingerprint density at radius 1 is 1.36 bits per heavy atom. The highest BCUT2D eigenvalue weighted by Gasteiger charge is 2.31. The van der Waals surface area contributed by atoms with E-state index >= 15 is 0 Å². The molecule has 0 N–H and O–H groups in total. The van der Waals surface area contributed by atoms with E-state index in [1.165, 1.54) is 16.9 Å². The Morgan fingerprint density at radius 2 is 2.07 bits per heavy atom. The van der Waals surface area contributed by atoms with Gasteiger partial charge in [0.15, 0.2) is 0 Å². The molecule has 2 aromatic rings. The van der Waals surface area contributed by atoms with E-state index in [-0.39, 0.29) is 0 Å². The summed E-state index contributed by atoms with van der Waals surface area (Å²) in [4.78, 5) is 3.78. The normalized spacial score (nSPS) is 12.3. The number of aryl methyl sites for hydroxylation is 1. The first kappa shape index (κ1) is 9.05. The molecule has 0 aliphatic heterocycles. The molecular weight excluding hydrogens is 193 g/mol. The monoisotopic (exact) mass is 200 g/mol. The average Bonchev–Trinajstić information content (AvgIpc) is 2.50. The molecular formula is C9H7F3N2. The van der Waals surface area contributed by atoms with Gasteiger partial charge in [-0.3, -0.25) is 0 Å². The Bertz CT molecular complexity index is 470. The quantitative estimate of drug-likeness (QED) is 0.639. The van der Waals surface area contributed by atoms with Gasteiger partial charge in [-0.2, -0.15) is 13.2 Å². The minimum Gasteiger partial charge on any atom is -0.305 e. The van der Waals surface area contributed by atoms with Gasteiger partial charge in [0.05, 0.1) is 23.6 Å². The smallest absolute Gasteiger partial charge is 0.305 e. The number of pyridine rings is 1. The molecule has 0 unspecified atom stereocenters. The molecule has 14 heavy (non-hydrogen) atoms. The number of nitrogens with zero attached hydrogens (tertiary/aromatic N) is 2. The molecule has 5 heteroatoms. The molecule has 2 aromatic heterocycles. The number of halogens is 3. The van der Waals surface area contributed by atoms with Crippen LogP contribution in [-0.2, 0) is 6.18 Å². The van der Waals surface area contributed by atoms with Crippen molar-refractivity contribution in [2.24, 2.45) is 0 Å². The molecule has 0 saturated carbocycles. The molecule has 2 heterocycles. The third kappa shape index (κ3) is 1.34.